The summed E-state index contributed by atoms with van der Waals surface area (Å²) in [4.78, 5) is 8.16. The molecule has 0 saturated heterocycles. The number of benzene rings is 9. The Balaban J connectivity index is 1.02. The van der Waals surface area contributed by atoms with Gasteiger partial charge in [-0.3, -0.25) is 0 Å². The van der Waals surface area contributed by atoms with Crippen molar-refractivity contribution in [1.29, 1.82) is 0 Å². The molecule has 1 aromatic heterocycles. The summed E-state index contributed by atoms with van der Waals surface area (Å²) in [5.74, 6) is 0.870. The fourth-order valence-corrected chi connectivity index (χ4v) is 19.4. The van der Waals surface area contributed by atoms with Crippen LogP contribution in [0.3, 0.4) is 0 Å². The minimum atomic E-state index is -0.221. The van der Waals surface area contributed by atoms with Gasteiger partial charge in [0.15, 0.2) is 0 Å². The standard InChI is InChI=1S/C91H98BN3O/c1-83(2)37-39-85(5,6)68-47-59(32-35-65(68)83)94-76-53-72-70(87(9,10)41-43-89(72,13)14)51-74(76)92-75-52-71-73(90(15,16)44-42-88(71,11)12)54-77(75)95(60-33-36-66-69(48-60)86(7,8)40-38-84(66,3)4)79-50-61(49-78(94)82(79)92)93(57-29-27-55(28-30-57)81-45-56-23-19-22-26-80(56)96-81)58-31-34-63-62-24-20-21-25-64(62)91(17,18)67(63)46-58/h19-36,45-54H,37-44H2,1-18H3. The molecule has 5 aliphatic carbocycles. The summed E-state index contributed by atoms with van der Waals surface area (Å²) in [6, 6.07) is 67.9. The van der Waals surface area contributed by atoms with Crippen molar-refractivity contribution in [2.24, 2.45) is 0 Å². The Morgan fingerprint density at radius 1 is 0.323 bits per heavy atom. The predicted molar refractivity (Wildman–Crippen MR) is 409 cm³/mol. The molecule has 0 fully saturated rings. The van der Waals surface area contributed by atoms with Gasteiger partial charge in [-0.1, -0.05) is 197 Å². The molecule has 3 heterocycles. The van der Waals surface area contributed by atoms with Gasteiger partial charge in [0.1, 0.15) is 11.3 Å². The fourth-order valence-electron chi connectivity index (χ4n) is 19.4. The number of rotatable bonds is 6. The molecule has 0 saturated carbocycles. The summed E-state index contributed by atoms with van der Waals surface area (Å²) >= 11 is 0. The smallest absolute Gasteiger partial charge is 0.252 e. The number of para-hydroxylation sites is 1. The van der Waals surface area contributed by atoms with Gasteiger partial charge in [0, 0.05) is 61.9 Å². The van der Waals surface area contributed by atoms with Crippen molar-refractivity contribution in [2.45, 2.75) is 225 Å². The fraction of sp³-hybridized carbons (Fsp3) is 0.385. The van der Waals surface area contributed by atoms with Crippen LogP contribution in [0.25, 0.3) is 33.4 Å². The summed E-state index contributed by atoms with van der Waals surface area (Å²) in [7, 11) is 0. The summed E-state index contributed by atoms with van der Waals surface area (Å²) in [6.07, 6.45) is 9.18. The highest BCUT2D eigenvalue weighted by molar-refractivity contribution is 7.00. The molecule has 4 nitrogen and oxygen atoms in total. The summed E-state index contributed by atoms with van der Waals surface area (Å²) in [5.41, 5.74) is 34.1. The number of nitrogens with zero attached hydrogens (tertiary/aromatic N) is 3. The second kappa shape index (κ2) is 20.1. The van der Waals surface area contributed by atoms with Crippen molar-refractivity contribution in [2.75, 3.05) is 14.7 Å². The van der Waals surface area contributed by atoms with Gasteiger partial charge in [-0.05, 0) is 275 Å². The SMILES string of the molecule is CC1(C)CCC(C)(C)c2cc(N3c4cc5c(cc4B4c6cc7c(cc6N(c6ccc8c(c6)C(C)(C)CCC8(C)C)c6cc(N(c8ccc(-c9cc%10ccccc%10o9)cc8)c8ccc9c(c8)C(C)(C)c8ccccc8-9)cc3c64)C(C)(C)CCC7(C)C)C(C)(C)CCC5(C)C)ccc21. The van der Waals surface area contributed by atoms with Gasteiger partial charge in [-0.15, -0.1) is 0 Å². The Morgan fingerprint density at radius 3 is 1.23 bits per heavy atom. The molecule has 0 radical (unpaired) electrons. The first-order chi connectivity index (χ1) is 45.2. The second-order valence-electron chi connectivity index (χ2n) is 36.4. The van der Waals surface area contributed by atoms with Crippen LogP contribution in [-0.4, -0.2) is 6.71 Å². The third kappa shape index (κ3) is 8.98. The van der Waals surface area contributed by atoms with Crippen LogP contribution in [0.4, 0.5) is 51.2 Å². The molecule has 0 atom stereocenters. The van der Waals surface area contributed by atoms with Crippen molar-refractivity contribution in [1.82, 2.24) is 0 Å². The minimum absolute atomic E-state index is 0.0122. The Hall–Kier alpha value is -8.02. The van der Waals surface area contributed by atoms with E-state index in [1.165, 1.54) is 130 Å². The van der Waals surface area contributed by atoms with Crippen LogP contribution in [0.1, 0.15) is 232 Å². The van der Waals surface area contributed by atoms with E-state index in [9.17, 15) is 0 Å². The van der Waals surface area contributed by atoms with E-state index in [2.05, 4.69) is 309 Å². The normalized spacial score (nSPS) is 20.5. The van der Waals surface area contributed by atoms with E-state index < -0.39 is 0 Å². The lowest BCUT2D eigenvalue weighted by molar-refractivity contribution is 0.332. The van der Waals surface area contributed by atoms with Crippen LogP contribution in [0.2, 0.25) is 0 Å². The lowest BCUT2D eigenvalue weighted by Gasteiger charge is -2.49. The highest BCUT2D eigenvalue weighted by Gasteiger charge is 2.51. The maximum atomic E-state index is 6.61. The molecular weight excluding hydrogens is 1160 g/mol. The highest BCUT2D eigenvalue weighted by atomic mass is 16.3. The predicted octanol–water partition coefficient (Wildman–Crippen LogP) is 23.4. The molecule has 96 heavy (non-hydrogen) atoms. The number of fused-ring (bicyclic) bond motifs is 12. The van der Waals surface area contributed by atoms with Gasteiger partial charge in [0.25, 0.3) is 6.71 Å². The molecule has 0 N–H and O–H groups in total. The highest BCUT2D eigenvalue weighted by Crippen LogP contribution is 2.58. The van der Waals surface area contributed by atoms with Crippen LogP contribution >= 0.6 is 0 Å². The molecule has 0 unspecified atom stereocenters. The molecule has 0 spiro atoms. The molecule has 5 heteroatoms. The van der Waals surface area contributed by atoms with Crippen LogP contribution in [0, 0.1) is 0 Å². The molecule has 17 rings (SSSR count). The molecule has 2 aliphatic heterocycles. The monoisotopic (exact) mass is 1260 g/mol. The van der Waals surface area contributed by atoms with Gasteiger partial charge < -0.3 is 19.1 Å². The second-order valence-corrected chi connectivity index (χ2v) is 36.4. The van der Waals surface area contributed by atoms with E-state index in [0.29, 0.717) is 0 Å². The maximum Gasteiger partial charge on any atom is 0.252 e. The average molecular weight is 1260 g/mol. The van der Waals surface area contributed by atoms with Crippen molar-refractivity contribution in [3.05, 3.63) is 225 Å². The number of anilines is 9. The van der Waals surface area contributed by atoms with Gasteiger partial charge in [0.05, 0.1) is 5.69 Å². The van der Waals surface area contributed by atoms with Crippen molar-refractivity contribution >= 4 is 85.3 Å². The van der Waals surface area contributed by atoms with Crippen molar-refractivity contribution in [3.63, 3.8) is 0 Å². The maximum absolute atomic E-state index is 6.61. The van der Waals surface area contributed by atoms with Gasteiger partial charge >= 0.3 is 0 Å². The van der Waals surface area contributed by atoms with Crippen LogP contribution < -0.4 is 31.1 Å². The quantitative estimate of drug-likeness (QED) is 0.155. The van der Waals surface area contributed by atoms with Crippen LogP contribution in [0.5, 0.6) is 0 Å². The largest absolute Gasteiger partial charge is 0.456 e. The number of hydrogen-bond donors (Lipinski definition) is 0. The van der Waals surface area contributed by atoms with Gasteiger partial charge in [-0.25, -0.2) is 0 Å². The lowest BCUT2D eigenvalue weighted by atomic mass is 9.32. The van der Waals surface area contributed by atoms with E-state index in [-0.39, 0.29) is 55.4 Å². The average Bonchev–Trinajstić information content (AvgIpc) is 0.887. The van der Waals surface area contributed by atoms with Crippen molar-refractivity contribution < 1.29 is 4.42 Å². The molecule has 9 aromatic carbocycles. The number of furan rings is 1. The Labute approximate surface area is 573 Å². The summed E-state index contributed by atoms with van der Waals surface area (Å²) in [6.45, 7) is 44.9. The topological polar surface area (TPSA) is 22.9 Å². The molecule has 7 aliphatic rings. The van der Waals surface area contributed by atoms with E-state index in [1.807, 2.05) is 0 Å². The van der Waals surface area contributed by atoms with Gasteiger partial charge in [0.2, 0.25) is 0 Å². The van der Waals surface area contributed by atoms with Crippen LogP contribution in [0.15, 0.2) is 174 Å². The zero-order chi connectivity index (χ0) is 67.1. The first-order valence-corrected chi connectivity index (χ1v) is 36.3. The van der Waals surface area contributed by atoms with Crippen molar-refractivity contribution in [3.8, 4) is 22.5 Å². The molecular formula is C91H98BN3O. The van der Waals surface area contributed by atoms with E-state index in [4.69, 9.17) is 4.42 Å². The van der Waals surface area contributed by atoms with Gasteiger partial charge in [-0.2, -0.15) is 0 Å². The Kier molecular flexibility index (Phi) is 12.9. The molecule has 486 valence electrons. The van der Waals surface area contributed by atoms with E-state index in [0.717, 1.165) is 77.9 Å². The zero-order valence-corrected chi connectivity index (χ0v) is 60.6. The molecule has 10 aromatic rings. The molecule has 0 bridgehead atoms. The zero-order valence-electron chi connectivity index (χ0n) is 60.6. The first kappa shape index (κ1) is 61.6. The van der Waals surface area contributed by atoms with E-state index in [1.54, 1.807) is 0 Å². The van der Waals surface area contributed by atoms with Crippen LogP contribution in [-0.2, 0) is 48.7 Å². The first-order valence-electron chi connectivity index (χ1n) is 36.3. The summed E-state index contributed by atoms with van der Waals surface area (Å²) in [5, 5.41) is 1.11. The minimum Gasteiger partial charge on any atom is -0.456 e. The Morgan fingerprint density at radius 2 is 0.740 bits per heavy atom. The third-order valence-electron chi connectivity index (χ3n) is 26.1. The summed E-state index contributed by atoms with van der Waals surface area (Å²) < 4.78 is 6.61. The van der Waals surface area contributed by atoms with E-state index >= 15 is 0 Å². The Bertz CT molecular complexity index is 4730. The number of hydrogen-bond acceptors (Lipinski definition) is 4. The third-order valence-corrected chi connectivity index (χ3v) is 26.1. The lowest BCUT2D eigenvalue weighted by Crippen LogP contribution is -2.62. The molecule has 0 amide bonds.